The van der Waals surface area contributed by atoms with Crippen molar-refractivity contribution >= 4 is 16.9 Å². The predicted molar refractivity (Wildman–Crippen MR) is 81.6 cm³/mol. The quantitative estimate of drug-likeness (QED) is 0.885. The molecule has 4 fully saturated rings. The summed E-state index contributed by atoms with van der Waals surface area (Å²) in [5.74, 6) is 1.02. The van der Waals surface area contributed by atoms with Crippen LogP contribution in [0.15, 0.2) is 22.9 Å². The number of carbonyl (C=O) groups is 1. The highest BCUT2D eigenvalue weighted by atomic mass is 16.5. The second kappa shape index (κ2) is 4.32. The molecule has 6 nitrogen and oxygen atoms in total. The highest BCUT2D eigenvalue weighted by Gasteiger charge is 2.57. The Bertz CT molecular complexity index is 785. The number of carbonyl (C=O) groups excluding carboxylic acids is 1. The van der Waals surface area contributed by atoms with Gasteiger partial charge in [-0.2, -0.15) is 0 Å². The number of fused-ring (bicyclic) bond motifs is 1. The molecule has 6 heteroatoms. The molecule has 0 aromatic carbocycles. The van der Waals surface area contributed by atoms with Crippen molar-refractivity contribution in [2.24, 2.45) is 11.8 Å². The van der Waals surface area contributed by atoms with Gasteiger partial charge in [0.2, 0.25) is 11.4 Å². The van der Waals surface area contributed by atoms with E-state index in [0.29, 0.717) is 29.3 Å². The third-order valence-electron chi connectivity index (χ3n) is 5.87. The molecule has 2 atom stereocenters. The van der Waals surface area contributed by atoms with Crippen LogP contribution in [0.25, 0.3) is 11.0 Å². The van der Waals surface area contributed by atoms with Gasteiger partial charge in [0.15, 0.2) is 0 Å². The van der Waals surface area contributed by atoms with Crippen LogP contribution >= 0.6 is 0 Å². The SMILES string of the molecule is O=C(NC12CC3CC(CC(O)(C3)C1)C2)c1onc2ncccc12. The van der Waals surface area contributed by atoms with Crippen molar-refractivity contribution in [1.82, 2.24) is 15.5 Å². The first-order chi connectivity index (χ1) is 11.0. The molecule has 0 radical (unpaired) electrons. The van der Waals surface area contributed by atoms with E-state index in [-0.39, 0.29) is 17.2 Å². The van der Waals surface area contributed by atoms with E-state index in [2.05, 4.69) is 15.5 Å². The number of aliphatic hydroxyl groups is 1. The second-order valence-electron chi connectivity index (χ2n) is 7.81. The van der Waals surface area contributed by atoms with Crippen LogP contribution in [-0.4, -0.2) is 32.3 Å². The van der Waals surface area contributed by atoms with Crippen LogP contribution in [0.3, 0.4) is 0 Å². The Kier molecular flexibility index (Phi) is 2.53. The first kappa shape index (κ1) is 13.5. The highest BCUT2D eigenvalue weighted by Crippen LogP contribution is 2.57. The summed E-state index contributed by atoms with van der Waals surface area (Å²) in [6.07, 6.45) is 7.16. The molecule has 120 valence electrons. The lowest BCUT2D eigenvalue weighted by Crippen LogP contribution is -2.65. The first-order valence-electron chi connectivity index (χ1n) is 8.30. The smallest absolute Gasteiger partial charge is 0.291 e. The van der Waals surface area contributed by atoms with Gasteiger partial charge in [-0.3, -0.25) is 4.79 Å². The monoisotopic (exact) mass is 313 g/mol. The van der Waals surface area contributed by atoms with Gasteiger partial charge in [-0.25, -0.2) is 4.98 Å². The maximum absolute atomic E-state index is 12.8. The molecule has 4 saturated carbocycles. The van der Waals surface area contributed by atoms with E-state index < -0.39 is 5.60 Å². The highest BCUT2D eigenvalue weighted by molar-refractivity contribution is 6.03. The summed E-state index contributed by atoms with van der Waals surface area (Å²) in [6, 6.07) is 3.56. The fourth-order valence-electron chi connectivity index (χ4n) is 5.61. The van der Waals surface area contributed by atoms with Crippen LogP contribution in [0.4, 0.5) is 0 Å². The Morgan fingerprint density at radius 3 is 2.83 bits per heavy atom. The number of amides is 1. The van der Waals surface area contributed by atoms with Gasteiger partial charge in [-0.15, -0.1) is 0 Å². The molecule has 4 bridgehead atoms. The van der Waals surface area contributed by atoms with Crippen molar-refractivity contribution in [3.8, 4) is 0 Å². The molecule has 6 rings (SSSR count). The van der Waals surface area contributed by atoms with Crippen LogP contribution in [0, 0.1) is 11.8 Å². The summed E-state index contributed by atoms with van der Waals surface area (Å²) in [4.78, 5) is 16.9. The van der Waals surface area contributed by atoms with Crippen molar-refractivity contribution in [2.45, 2.75) is 49.7 Å². The summed E-state index contributed by atoms with van der Waals surface area (Å²) in [7, 11) is 0. The average Bonchev–Trinajstić information content (AvgIpc) is 2.88. The Morgan fingerprint density at radius 1 is 1.30 bits per heavy atom. The van der Waals surface area contributed by atoms with E-state index in [1.54, 1.807) is 18.3 Å². The number of nitrogens with one attached hydrogen (secondary N) is 1. The topological polar surface area (TPSA) is 88.2 Å². The van der Waals surface area contributed by atoms with Crippen molar-refractivity contribution < 1.29 is 14.4 Å². The molecule has 4 aliphatic rings. The summed E-state index contributed by atoms with van der Waals surface area (Å²) in [5.41, 5.74) is -0.443. The van der Waals surface area contributed by atoms with Gasteiger partial charge in [0.25, 0.3) is 5.91 Å². The van der Waals surface area contributed by atoms with Crippen molar-refractivity contribution in [1.29, 1.82) is 0 Å². The lowest BCUT2D eigenvalue weighted by molar-refractivity contribution is -0.139. The lowest BCUT2D eigenvalue weighted by atomic mass is 9.51. The molecule has 2 unspecified atom stereocenters. The first-order valence-corrected chi connectivity index (χ1v) is 8.30. The summed E-state index contributed by atoms with van der Waals surface area (Å²) in [6.45, 7) is 0. The number of rotatable bonds is 2. The Hall–Kier alpha value is -1.95. The van der Waals surface area contributed by atoms with Gasteiger partial charge in [0, 0.05) is 11.7 Å². The molecule has 2 aromatic rings. The van der Waals surface area contributed by atoms with Crippen LogP contribution in [0.5, 0.6) is 0 Å². The van der Waals surface area contributed by atoms with Crippen LogP contribution in [0.2, 0.25) is 0 Å². The van der Waals surface area contributed by atoms with Crippen LogP contribution < -0.4 is 5.32 Å². The van der Waals surface area contributed by atoms with Gasteiger partial charge >= 0.3 is 0 Å². The molecule has 0 spiro atoms. The zero-order valence-electron chi connectivity index (χ0n) is 12.8. The second-order valence-corrected chi connectivity index (χ2v) is 7.81. The minimum absolute atomic E-state index is 0.218. The number of hydrogen-bond donors (Lipinski definition) is 2. The molecular formula is C17H19N3O3. The zero-order chi connectivity index (χ0) is 15.7. The zero-order valence-corrected chi connectivity index (χ0v) is 12.8. The number of hydrogen-bond acceptors (Lipinski definition) is 5. The van der Waals surface area contributed by atoms with Crippen molar-refractivity contribution in [3.05, 3.63) is 24.1 Å². The predicted octanol–water partition coefficient (Wildman–Crippen LogP) is 2.04. The van der Waals surface area contributed by atoms with Crippen molar-refractivity contribution in [3.63, 3.8) is 0 Å². The van der Waals surface area contributed by atoms with Gasteiger partial charge in [0.1, 0.15) is 0 Å². The number of aromatic nitrogens is 2. The van der Waals surface area contributed by atoms with E-state index in [1.165, 1.54) is 6.42 Å². The van der Waals surface area contributed by atoms with Crippen molar-refractivity contribution in [2.75, 3.05) is 0 Å². The number of nitrogens with zero attached hydrogens (tertiary/aromatic N) is 2. The van der Waals surface area contributed by atoms with Gasteiger partial charge < -0.3 is 14.9 Å². The molecule has 0 aliphatic heterocycles. The standard InChI is InChI=1S/C17H19N3O3/c21-15(13-12-2-1-3-18-14(12)20-23-13)19-16-5-10-4-11(6-16)8-17(22,7-10)9-16/h1-3,10-11,22H,4-9H2,(H,19,21). The molecule has 2 aromatic heterocycles. The Labute approximate surface area is 133 Å². The molecule has 1 amide bonds. The molecule has 23 heavy (non-hydrogen) atoms. The molecular weight excluding hydrogens is 294 g/mol. The minimum atomic E-state index is -0.595. The van der Waals surface area contributed by atoms with Gasteiger partial charge in [0.05, 0.1) is 11.0 Å². The Balaban J connectivity index is 1.46. The van der Waals surface area contributed by atoms with Crippen LogP contribution in [-0.2, 0) is 0 Å². The Morgan fingerprint density at radius 2 is 2.09 bits per heavy atom. The average molecular weight is 313 g/mol. The minimum Gasteiger partial charge on any atom is -0.390 e. The molecule has 4 aliphatic carbocycles. The van der Waals surface area contributed by atoms with E-state index in [1.807, 2.05) is 0 Å². The third kappa shape index (κ3) is 2.01. The van der Waals surface area contributed by atoms with Gasteiger partial charge in [-0.1, -0.05) is 5.16 Å². The largest absolute Gasteiger partial charge is 0.390 e. The fourth-order valence-corrected chi connectivity index (χ4v) is 5.61. The molecule has 0 saturated heterocycles. The lowest BCUT2D eigenvalue weighted by Gasteiger charge is -2.60. The molecule has 2 heterocycles. The number of pyridine rings is 1. The van der Waals surface area contributed by atoms with E-state index in [9.17, 15) is 9.90 Å². The fraction of sp³-hybridized carbons (Fsp3) is 0.588. The van der Waals surface area contributed by atoms with Gasteiger partial charge in [-0.05, 0) is 62.5 Å². The maximum atomic E-state index is 12.8. The van der Waals surface area contributed by atoms with Crippen LogP contribution in [0.1, 0.15) is 49.1 Å². The summed E-state index contributed by atoms with van der Waals surface area (Å²) >= 11 is 0. The maximum Gasteiger partial charge on any atom is 0.291 e. The normalized spacial score (nSPS) is 38.1. The molecule has 2 N–H and O–H groups in total. The van der Waals surface area contributed by atoms with E-state index in [4.69, 9.17) is 4.52 Å². The summed E-state index contributed by atoms with van der Waals surface area (Å²) < 4.78 is 5.23. The third-order valence-corrected chi connectivity index (χ3v) is 5.87. The van der Waals surface area contributed by atoms with E-state index in [0.717, 1.165) is 25.7 Å². The summed E-state index contributed by atoms with van der Waals surface area (Å²) in [5, 5.41) is 18.5. The van der Waals surface area contributed by atoms with E-state index >= 15 is 0 Å².